The lowest BCUT2D eigenvalue weighted by atomic mass is 9.83. The zero-order chi connectivity index (χ0) is 10.8. The largest absolute Gasteiger partial charge is 0.341 e. The van der Waals surface area contributed by atoms with Crippen molar-refractivity contribution in [2.75, 3.05) is 4.90 Å². The first-order valence-electron chi connectivity index (χ1n) is 5.64. The van der Waals surface area contributed by atoms with Gasteiger partial charge in [-0.3, -0.25) is 0 Å². The second kappa shape index (κ2) is 2.46. The van der Waals surface area contributed by atoms with Crippen LogP contribution in [0.4, 0.5) is 5.69 Å². The first kappa shape index (κ1) is 9.02. The van der Waals surface area contributed by atoms with E-state index >= 15 is 0 Å². The molecule has 2 aliphatic heterocycles. The van der Waals surface area contributed by atoms with Gasteiger partial charge in [-0.15, -0.1) is 0 Å². The second-order valence-corrected chi connectivity index (χ2v) is 5.31. The summed E-state index contributed by atoms with van der Waals surface area (Å²) < 4.78 is 0. The topological polar surface area (TPSA) is 3.24 Å². The van der Waals surface area contributed by atoms with E-state index in [1.165, 1.54) is 22.5 Å². The maximum absolute atomic E-state index is 4.28. The molecule has 78 valence electrons. The summed E-state index contributed by atoms with van der Waals surface area (Å²) >= 11 is 0. The highest BCUT2D eigenvalue weighted by atomic mass is 15.2. The summed E-state index contributed by atoms with van der Waals surface area (Å²) in [6.07, 6.45) is 1.16. The molecule has 1 nitrogen and oxygen atoms in total. The summed E-state index contributed by atoms with van der Waals surface area (Å²) in [6, 6.07) is 7.27. The molecule has 0 spiro atoms. The predicted molar refractivity (Wildman–Crippen MR) is 64.3 cm³/mol. The number of hydrogen-bond donors (Lipinski definition) is 0. The number of benzene rings is 1. The Morgan fingerprint density at radius 1 is 1.40 bits per heavy atom. The lowest BCUT2D eigenvalue weighted by Crippen LogP contribution is -2.30. The molecular formula is C14H17N. The van der Waals surface area contributed by atoms with Gasteiger partial charge in [0, 0.05) is 22.8 Å². The van der Waals surface area contributed by atoms with Gasteiger partial charge in [0.25, 0.3) is 0 Å². The second-order valence-electron chi connectivity index (χ2n) is 5.31. The van der Waals surface area contributed by atoms with E-state index in [1.807, 2.05) is 0 Å². The molecule has 0 saturated carbocycles. The lowest BCUT2D eigenvalue weighted by Gasteiger charge is -2.27. The molecule has 0 aromatic heterocycles. The molecule has 1 unspecified atom stereocenters. The zero-order valence-electron chi connectivity index (χ0n) is 9.67. The van der Waals surface area contributed by atoms with Crippen LogP contribution in [0.25, 0.3) is 0 Å². The fraction of sp³-hybridized carbons (Fsp3) is 0.429. The summed E-state index contributed by atoms with van der Waals surface area (Å²) in [6.45, 7) is 11.1. The van der Waals surface area contributed by atoms with Crippen molar-refractivity contribution in [2.24, 2.45) is 0 Å². The Bertz CT molecular complexity index is 456. The minimum atomic E-state index is 0.111. The molecule has 0 aliphatic carbocycles. The molecule has 0 radical (unpaired) electrons. The Hall–Kier alpha value is -1.24. The summed E-state index contributed by atoms with van der Waals surface area (Å²) in [5.74, 6) is 0. The van der Waals surface area contributed by atoms with Crippen molar-refractivity contribution in [3.8, 4) is 0 Å². The van der Waals surface area contributed by atoms with Crippen molar-refractivity contribution in [3.05, 3.63) is 41.6 Å². The fourth-order valence-corrected chi connectivity index (χ4v) is 3.03. The van der Waals surface area contributed by atoms with Crippen LogP contribution in [0.3, 0.4) is 0 Å². The van der Waals surface area contributed by atoms with Crippen molar-refractivity contribution in [2.45, 2.75) is 38.6 Å². The van der Waals surface area contributed by atoms with E-state index in [2.05, 4.69) is 50.4 Å². The third-order valence-corrected chi connectivity index (χ3v) is 4.00. The molecule has 1 aromatic rings. The fourth-order valence-electron chi connectivity index (χ4n) is 3.03. The van der Waals surface area contributed by atoms with Crippen molar-refractivity contribution >= 4 is 5.69 Å². The van der Waals surface area contributed by atoms with Gasteiger partial charge < -0.3 is 4.90 Å². The van der Waals surface area contributed by atoms with Gasteiger partial charge in [0.1, 0.15) is 0 Å². The Balaban J connectivity index is 2.33. The van der Waals surface area contributed by atoms with E-state index in [0.717, 1.165) is 6.42 Å². The lowest BCUT2D eigenvalue weighted by molar-refractivity contribution is 0.605. The molecule has 3 rings (SSSR count). The molecule has 1 aromatic carbocycles. The van der Waals surface area contributed by atoms with Gasteiger partial charge in [0.2, 0.25) is 0 Å². The van der Waals surface area contributed by atoms with Gasteiger partial charge in [-0.25, -0.2) is 0 Å². The van der Waals surface area contributed by atoms with Gasteiger partial charge in [-0.1, -0.05) is 38.6 Å². The molecule has 0 saturated heterocycles. The molecule has 2 heterocycles. The van der Waals surface area contributed by atoms with Crippen molar-refractivity contribution in [1.82, 2.24) is 0 Å². The monoisotopic (exact) mass is 199 g/mol. The smallest absolute Gasteiger partial charge is 0.0486 e. The van der Waals surface area contributed by atoms with Crippen molar-refractivity contribution in [1.29, 1.82) is 0 Å². The average Bonchev–Trinajstić information content (AvgIpc) is 2.60. The first-order valence-corrected chi connectivity index (χ1v) is 5.64. The van der Waals surface area contributed by atoms with Crippen LogP contribution in [-0.2, 0) is 11.8 Å². The summed E-state index contributed by atoms with van der Waals surface area (Å²) in [5.41, 5.74) is 5.76. The summed E-state index contributed by atoms with van der Waals surface area (Å²) in [5, 5.41) is 0. The normalized spacial score (nSPS) is 25.9. The molecular weight excluding hydrogens is 182 g/mol. The highest BCUT2D eigenvalue weighted by molar-refractivity contribution is 5.76. The third kappa shape index (κ3) is 0.889. The molecule has 0 amide bonds. The molecule has 15 heavy (non-hydrogen) atoms. The number of rotatable bonds is 0. The SMILES string of the molecule is C=C1N2c3c(cccc3C1(C)C)CC2C. The highest BCUT2D eigenvalue weighted by Gasteiger charge is 2.44. The third-order valence-electron chi connectivity index (χ3n) is 4.00. The van der Waals surface area contributed by atoms with Crippen LogP contribution in [-0.4, -0.2) is 6.04 Å². The van der Waals surface area contributed by atoms with Crippen LogP contribution in [0.5, 0.6) is 0 Å². The van der Waals surface area contributed by atoms with Crippen LogP contribution >= 0.6 is 0 Å². The highest BCUT2D eigenvalue weighted by Crippen LogP contribution is 2.52. The van der Waals surface area contributed by atoms with E-state index in [-0.39, 0.29) is 5.41 Å². The van der Waals surface area contributed by atoms with Gasteiger partial charge in [-0.2, -0.15) is 0 Å². The molecule has 0 bridgehead atoms. The summed E-state index contributed by atoms with van der Waals surface area (Å²) in [4.78, 5) is 2.44. The number of nitrogens with zero attached hydrogens (tertiary/aromatic N) is 1. The molecule has 0 fully saturated rings. The first-order chi connectivity index (χ1) is 7.03. The van der Waals surface area contributed by atoms with Gasteiger partial charge in [0.15, 0.2) is 0 Å². The number of hydrogen-bond acceptors (Lipinski definition) is 1. The van der Waals surface area contributed by atoms with E-state index in [9.17, 15) is 0 Å². The Morgan fingerprint density at radius 2 is 2.13 bits per heavy atom. The van der Waals surface area contributed by atoms with Crippen LogP contribution < -0.4 is 4.90 Å². The Morgan fingerprint density at radius 3 is 2.87 bits per heavy atom. The predicted octanol–water partition coefficient (Wildman–Crippen LogP) is 3.24. The number of anilines is 1. The van der Waals surface area contributed by atoms with E-state index in [4.69, 9.17) is 0 Å². The zero-order valence-corrected chi connectivity index (χ0v) is 9.67. The molecule has 1 atom stereocenters. The van der Waals surface area contributed by atoms with Gasteiger partial charge in [-0.05, 0) is 24.5 Å². The van der Waals surface area contributed by atoms with Crippen LogP contribution in [0, 0.1) is 0 Å². The van der Waals surface area contributed by atoms with Gasteiger partial charge in [0.05, 0.1) is 0 Å². The number of para-hydroxylation sites is 1. The van der Waals surface area contributed by atoms with E-state index < -0.39 is 0 Å². The van der Waals surface area contributed by atoms with Crippen LogP contribution in [0.1, 0.15) is 31.9 Å². The maximum atomic E-state index is 4.28. The Labute approximate surface area is 91.4 Å². The van der Waals surface area contributed by atoms with E-state index in [0.29, 0.717) is 6.04 Å². The maximum Gasteiger partial charge on any atom is 0.0486 e. The molecule has 0 N–H and O–H groups in total. The van der Waals surface area contributed by atoms with Crippen molar-refractivity contribution in [3.63, 3.8) is 0 Å². The van der Waals surface area contributed by atoms with Crippen LogP contribution in [0.2, 0.25) is 0 Å². The standard InChI is InChI=1S/C14H17N/c1-9-8-11-6-5-7-12-13(11)15(9)10(2)14(12,3)4/h5-7,9H,2,8H2,1,3-4H3. The summed E-state index contributed by atoms with van der Waals surface area (Å²) in [7, 11) is 0. The molecule has 2 aliphatic rings. The Kier molecular flexibility index (Phi) is 1.48. The average molecular weight is 199 g/mol. The quantitative estimate of drug-likeness (QED) is 0.620. The van der Waals surface area contributed by atoms with Crippen LogP contribution in [0.15, 0.2) is 30.5 Å². The van der Waals surface area contributed by atoms with E-state index in [1.54, 1.807) is 0 Å². The molecule has 1 heteroatoms. The minimum Gasteiger partial charge on any atom is -0.341 e. The van der Waals surface area contributed by atoms with Crippen molar-refractivity contribution < 1.29 is 0 Å². The van der Waals surface area contributed by atoms with Gasteiger partial charge >= 0.3 is 0 Å². The minimum absolute atomic E-state index is 0.111. The number of allylic oxidation sites excluding steroid dienone is 1.